The van der Waals surface area contributed by atoms with Gasteiger partial charge in [0, 0.05) is 26.1 Å². The highest BCUT2D eigenvalue weighted by Gasteiger charge is 2.27. The third kappa shape index (κ3) is 5.26. The number of alkyl carbamates (subject to hydrolysis) is 1. The molecule has 0 aliphatic carbocycles. The number of halogens is 1. The number of nitrogens with one attached hydrogen (secondary N) is 1. The zero-order chi connectivity index (χ0) is 13.1. The second-order valence-corrected chi connectivity index (χ2v) is 5.69. The normalized spacial score (nSPS) is 20.6. The molecule has 1 heterocycles. The first-order chi connectivity index (χ1) is 7.78. The first-order valence-corrected chi connectivity index (χ1v) is 6.10. The standard InChI is InChI=1S/C11H19ClN2O3/c1-11(2,3)17-10(16)13-4-5-14-7-8(12)6-9(14)15/h8H,4-7H2,1-3H3,(H,13,16). The summed E-state index contributed by atoms with van der Waals surface area (Å²) >= 11 is 5.86. The van der Waals surface area contributed by atoms with Crippen LogP contribution in [0, 0.1) is 0 Å². The second-order valence-electron chi connectivity index (χ2n) is 5.07. The summed E-state index contributed by atoms with van der Waals surface area (Å²) in [4.78, 5) is 24.4. The van der Waals surface area contributed by atoms with Crippen LogP contribution in [0.25, 0.3) is 0 Å². The molecule has 0 aromatic heterocycles. The zero-order valence-electron chi connectivity index (χ0n) is 10.5. The van der Waals surface area contributed by atoms with E-state index in [1.165, 1.54) is 0 Å². The molecule has 5 nitrogen and oxygen atoms in total. The molecule has 1 unspecified atom stereocenters. The molecular weight excluding hydrogens is 244 g/mol. The first kappa shape index (κ1) is 14.1. The van der Waals surface area contributed by atoms with Crippen molar-refractivity contribution in [3.8, 4) is 0 Å². The number of rotatable bonds is 3. The van der Waals surface area contributed by atoms with Gasteiger partial charge < -0.3 is 15.0 Å². The molecule has 0 radical (unpaired) electrons. The van der Waals surface area contributed by atoms with Crippen LogP contribution in [0.3, 0.4) is 0 Å². The molecule has 6 heteroatoms. The van der Waals surface area contributed by atoms with E-state index in [2.05, 4.69) is 5.32 Å². The molecule has 1 rings (SSSR count). The molecule has 0 saturated carbocycles. The van der Waals surface area contributed by atoms with Gasteiger partial charge in [-0.05, 0) is 20.8 Å². The Hall–Kier alpha value is -0.970. The molecule has 0 bridgehead atoms. The summed E-state index contributed by atoms with van der Waals surface area (Å²) in [7, 11) is 0. The maximum Gasteiger partial charge on any atom is 0.407 e. The van der Waals surface area contributed by atoms with Crippen molar-refractivity contribution < 1.29 is 14.3 Å². The monoisotopic (exact) mass is 262 g/mol. The Morgan fingerprint density at radius 3 is 2.71 bits per heavy atom. The number of carbonyl (C=O) groups excluding carboxylic acids is 2. The molecular formula is C11H19ClN2O3. The van der Waals surface area contributed by atoms with Crippen LogP contribution in [0.15, 0.2) is 0 Å². The van der Waals surface area contributed by atoms with Gasteiger partial charge in [-0.1, -0.05) is 0 Å². The fourth-order valence-corrected chi connectivity index (χ4v) is 1.85. The van der Waals surface area contributed by atoms with Crippen molar-refractivity contribution in [1.29, 1.82) is 0 Å². The Morgan fingerprint density at radius 2 is 2.24 bits per heavy atom. The molecule has 0 spiro atoms. The minimum Gasteiger partial charge on any atom is -0.444 e. The lowest BCUT2D eigenvalue weighted by molar-refractivity contribution is -0.127. The van der Waals surface area contributed by atoms with Gasteiger partial charge in [0.05, 0.1) is 5.38 Å². The molecule has 1 aliphatic rings. The third-order valence-electron chi connectivity index (χ3n) is 2.22. The Morgan fingerprint density at radius 1 is 1.59 bits per heavy atom. The van der Waals surface area contributed by atoms with Crippen molar-refractivity contribution in [2.75, 3.05) is 19.6 Å². The number of carbonyl (C=O) groups is 2. The maximum atomic E-state index is 11.4. The van der Waals surface area contributed by atoms with Crippen LogP contribution >= 0.6 is 11.6 Å². The van der Waals surface area contributed by atoms with Crippen molar-refractivity contribution in [3.05, 3.63) is 0 Å². The molecule has 1 fully saturated rings. The fraction of sp³-hybridized carbons (Fsp3) is 0.818. The van der Waals surface area contributed by atoms with E-state index >= 15 is 0 Å². The van der Waals surface area contributed by atoms with E-state index in [0.29, 0.717) is 26.1 Å². The van der Waals surface area contributed by atoms with Crippen LogP contribution in [0.2, 0.25) is 0 Å². The molecule has 17 heavy (non-hydrogen) atoms. The van der Waals surface area contributed by atoms with E-state index in [1.54, 1.807) is 25.7 Å². The highest BCUT2D eigenvalue weighted by molar-refractivity contribution is 6.22. The van der Waals surface area contributed by atoms with Crippen molar-refractivity contribution in [2.45, 2.75) is 38.2 Å². The highest BCUT2D eigenvalue weighted by atomic mass is 35.5. The molecule has 1 atom stereocenters. The highest BCUT2D eigenvalue weighted by Crippen LogP contribution is 2.15. The topological polar surface area (TPSA) is 58.6 Å². The molecule has 98 valence electrons. The average molecular weight is 263 g/mol. The minimum absolute atomic E-state index is 0.0380. The number of hydrogen-bond donors (Lipinski definition) is 1. The number of hydrogen-bond acceptors (Lipinski definition) is 3. The molecule has 2 amide bonds. The number of nitrogens with zero attached hydrogens (tertiary/aromatic N) is 1. The lowest BCUT2D eigenvalue weighted by atomic mass is 10.2. The van der Waals surface area contributed by atoms with Crippen molar-refractivity contribution >= 4 is 23.6 Å². The predicted molar refractivity (Wildman–Crippen MR) is 65.1 cm³/mol. The van der Waals surface area contributed by atoms with E-state index in [1.807, 2.05) is 0 Å². The van der Waals surface area contributed by atoms with E-state index < -0.39 is 11.7 Å². The van der Waals surface area contributed by atoms with Crippen molar-refractivity contribution in [3.63, 3.8) is 0 Å². The van der Waals surface area contributed by atoms with Crippen LogP contribution in [0.4, 0.5) is 4.79 Å². The van der Waals surface area contributed by atoms with Gasteiger partial charge in [0.25, 0.3) is 0 Å². The summed E-state index contributed by atoms with van der Waals surface area (Å²) in [6.07, 6.45) is -0.0832. The predicted octanol–water partition coefficient (Wildman–Crippen LogP) is 1.35. The molecule has 1 saturated heterocycles. The van der Waals surface area contributed by atoms with Gasteiger partial charge >= 0.3 is 6.09 Å². The van der Waals surface area contributed by atoms with Gasteiger partial charge in [-0.25, -0.2) is 4.79 Å². The third-order valence-corrected chi connectivity index (χ3v) is 2.51. The van der Waals surface area contributed by atoms with Gasteiger partial charge in [-0.15, -0.1) is 11.6 Å². The Bertz CT molecular complexity index is 302. The summed E-state index contributed by atoms with van der Waals surface area (Å²) in [6, 6.07) is 0. The number of ether oxygens (including phenoxy) is 1. The van der Waals surface area contributed by atoms with Gasteiger partial charge in [0.2, 0.25) is 5.91 Å². The second kappa shape index (κ2) is 5.58. The summed E-state index contributed by atoms with van der Waals surface area (Å²) in [6.45, 7) is 6.81. The van der Waals surface area contributed by atoms with Crippen LogP contribution in [-0.4, -0.2) is 47.5 Å². The molecule has 0 aromatic carbocycles. The van der Waals surface area contributed by atoms with Gasteiger partial charge in [0.1, 0.15) is 5.60 Å². The Balaban J connectivity index is 2.20. The first-order valence-electron chi connectivity index (χ1n) is 5.66. The van der Waals surface area contributed by atoms with E-state index in [-0.39, 0.29) is 11.3 Å². The molecule has 1 N–H and O–H groups in total. The SMILES string of the molecule is CC(C)(C)OC(=O)NCCN1CC(Cl)CC1=O. The minimum atomic E-state index is -0.505. The maximum absolute atomic E-state index is 11.4. The van der Waals surface area contributed by atoms with Crippen molar-refractivity contribution in [2.24, 2.45) is 0 Å². The largest absolute Gasteiger partial charge is 0.444 e. The summed E-state index contributed by atoms with van der Waals surface area (Å²) in [5.74, 6) is 0.0380. The van der Waals surface area contributed by atoms with Crippen molar-refractivity contribution in [1.82, 2.24) is 10.2 Å². The van der Waals surface area contributed by atoms with Crippen LogP contribution in [0.5, 0.6) is 0 Å². The smallest absolute Gasteiger partial charge is 0.407 e. The lowest BCUT2D eigenvalue weighted by Gasteiger charge is -2.21. The molecule has 0 aromatic rings. The quantitative estimate of drug-likeness (QED) is 0.781. The fourth-order valence-electron chi connectivity index (χ4n) is 1.55. The summed E-state index contributed by atoms with van der Waals surface area (Å²) in [5.41, 5.74) is -0.505. The van der Waals surface area contributed by atoms with Gasteiger partial charge in [-0.2, -0.15) is 0 Å². The number of amides is 2. The lowest BCUT2D eigenvalue weighted by Crippen LogP contribution is -2.38. The Kier molecular flexibility index (Phi) is 4.62. The average Bonchev–Trinajstić information content (AvgIpc) is 2.42. The van der Waals surface area contributed by atoms with Crippen LogP contribution in [0.1, 0.15) is 27.2 Å². The van der Waals surface area contributed by atoms with Crippen LogP contribution < -0.4 is 5.32 Å². The Labute approximate surface area is 106 Å². The van der Waals surface area contributed by atoms with E-state index in [9.17, 15) is 9.59 Å². The zero-order valence-corrected chi connectivity index (χ0v) is 11.2. The summed E-state index contributed by atoms with van der Waals surface area (Å²) in [5, 5.41) is 2.50. The van der Waals surface area contributed by atoms with E-state index in [0.717, 1.165) is 0 Å². The van der Waals surface area contributed by atoms with Crippen LogP contribution in [-0.2, 0) is 9.53 Å². The number of alkyl halides is 1. The van der Waals surface area contributed by atoms with Gasteiger partial charge in [0.15, 0.2) is 0 Å². The van der Waals surface area contributed by atoms with E-state index in [4.69, 9.17) is 16.3 Å². The molecule has 1 aliphatic heterocycles. The summed E-state index contributed by atoms with van der Waals surface area (Å²) < 4.78 is 5.07. The number of likely N-dealkylation sites (tertiary alicyclic amines) is 1. The van der Waals surface area contributed by atoms with Gasteiger partial charge in [-0.3, -0.25) is 4.79 Å².